The van der Waals surface area contributed by atoms with Crippen LogP contribution in [0.2, 0.25) is 5.02 Å². The monoisotopic (exact) mass is 603 g/mol. The van der Waals surface area contributed by atoms with Gasteiger partial charge in [0.25, 0.3) is 0 Å². The van der Waals surface area contributed by atoms with Crippen LogP contribution in [0.3, 0.4) is 0 Å². The third kappa shape index (κ3) is 5.92. The highest BCUT2D eigenvalue weighted by Crippen LogP contribution is 2.48. The summed E-state index contributed by atoms with van der Waals surface area (Å²) in [5, 5.41) is 14.5. The summed E-state index contributed by atoms with van der Waals surface area (Å²) in [6.07, 6.45) is 0.892. The topological polar surface area (TPSA) is 94.1 Å². The van der Waals surface area contributed by atoms with Gasteiger partial charge in [0.2, 0.25) is 0 Å². The molecule has 0 aromatic heterocycles. The fourth-order valence-electron chi connectivity index (χ4n) is 5.05. The van der Waals surface area contributed by atoms with Crippen LogP contribution in [0.5, 0.6) is 11.5 Å². The molecular weight excluding hydrogens is 574 g/mol. The van der Waals surface area contributed by atoms with Gasteiger partial charge in [-0.2, -0.15) is 0 Å². The van der Waals surface area contributed by atoms with E-state index < -0.39 is 11.9 Å². The Labute approximate surface area is 235 Å². The van der Waals surface area contributed by atoms with E-state index in [1.165, 1.54) is 0 Å². The van der Waals surface area contributed by atoms with E-state index in [9.17, 15) is 14.7 Å². The van der Waals surface area contributed by atoms with Crippen molar-refractivity contribution in [1.82, 2.24) is 5.32 Å². The molecule has 0 saturated carbocycles. The van der Waals surface area contributed by atoms with E-state index in [0.29, 0.717) is 58.0 Å². The molecule has 1 heterocycles. The van der Waals surface area contributed by atoms with Gasteiger partial charge in [-0.1, -0.05) is 23.7 Å². The second kappa shape index (κ2) is 12.4. The molecule has 4 rings (SSSR count). The summed E-state index contributed by atoms with van der Waals surface area (Å²) in [5.41, 5.74) is 3.93. The number of dihydropyridines is 1. The Morgan fingerprint density at radius 2 is 1.84 bits per heavy atom. The number of phenols is 1. The van der Waals surface area contributed by atoms with Crippen LogP contribution in [-0.4, -0.2) is 43.3 Å². The number of halogens is 2. The van der Waals surface area contributed by atoms with Crippen LogP contribution in [0.4, 0.5) is 0 Å². The van der Waals surface area contributed by atoms with Crippen LogP contribution in [0, 0.1) is 0 Å². The van der Waals surface area contributed by atoms with Crippen molar-refractivity contribution in [2.75, 3.05) is 26.4 Å². The molecule has 0 unspecified atom stereocenters. The zero-order valence-electron chi connectivity index (χ0n) is 21.6. The molecule has 9 heteroatoms. The molecule has 2 aromatic carbocycles. The molecule has 1 aliphatic heterocycles. The minimum Gasteiger partial charge on any atom is -0.503 e. The first-order valence-corrected chi connectivity index (χ1v) is 13.8. The molecule has 7 nitrogen and oxygen atoms in total. The first kappa shape index (κ1) is 28.2. The molecule has 0 radical (unpaired) electrons. The van der Waals surface area contributed by atoms with E-state index in [1.807, 2.05) is 45.0 Å². The van der Waals surface area contributed by atoms with Crippen molar-refractivity contribution in [1.29, 1.82) is 0 Å². The van der Waals surface area contributed by atoms with Gasteiger partial charge in [-0.15, -0.1) is 0 Å². The number of Topliss-reactive ketones (excluding diaryl/α,β-unsaturated/α-hetero) is 1. The number of ether oxygens (including phenoxy) is 3. The van der Waals surface area contributed by atoms with Gasteiger partial charge in [0.05, 0.1) is 23.3 Å². The highest BCUT2D eigenvalue weighted by Gasteiger charge is 2.42. The summed E-state index contributed by atoms with van der Waals surface area (Å²) in [6.45, 7) is 6.73. The number of carbonyl (C=O) groups excluding carboxylic acids is 2. The van der Waals surface area contributed by atoms with Gasteiger partial charge >= 0.3 is 5.97 Å². The first-order valence-electron chi connectivity index (χ1n) is 12.6. The normalized spacial score (nSPS) is 19.2. The van der Waals surface area contributed by atoms with Crippen molar-refractivity contribution in [3.8, 4) is 11.5 Å². The maximum absolute atomic E-state index is 13.8. The Morgan fingerprint density at radius 3 is 2.53 bits per heavy atom. The van der Waals surface area contributed by atoms with E-state index in [1.54, 1.807) is 12.1 Å². The highest BCUT2D eigenvalue weighted by atomic mass is 79.9. The average molecular weight is 605 g/mol. The summed E-state index contributed by atoms with van der Waals surface area (Å²) in [5.74, 6) is -1.08. The quantitative estimate of drug-likeness (QED) is 0.262. The number of benzene rings is 2. The summed E-state index contributed by atoms with van der Waals surface area (Å²) in [6, 6.07) is 10.9. The van der Waals surface area contributed by atoms with Gasteiger partial charge in [-0.3, -0.25) is 4.79 Å². The maximum atomic E-state index is 13.8. The lowest BCUT2D eigenvalue weighted by atomic mass is 9.71. The number of nitrogens with one attached hydrogen (secondary N) is 1. The fourth-order valence-corrected chi connectivity index (χ4v) is 5.64. The zero-order valence-corrected chi connectivity index (χ0v) is 23.9. The molecule has 0 bridgehead atoms. The Balaban J connectivity index is 1.78. The number of phenolic OH excluding ortho intramolecular Hbond substituents is 1. The maximum Gasteiger partial charge on any atom is 0.336 e. The molecule has 2 aliphatic rings. The van der Waals surface area contributed by atoms with Gasteiger partial charge < -0.3 is 24.6 Å². The van der Waals surface area contributed by atoms with Crippen molar-refractivity contribution in [2.45, 2.75) is 45.4 Å². The predicted molar refractivity (Wildman–Crippen MR) is 148 cm³/mol. The van der Waals surface area contributed by atoms with Gasteiger partial charge in [0.15, 0.2) is 17.3 Å². The molecule has 0 amide bonds. The van der Waals surface area contributed by atoms with E-state index >= 15 is 0 Å². The van der Waals surface area contributed by atoms with Crippen LogP contribution in [0.1, 0.15) is 56.6 Å². The Bertz CT molecular complexity index is 1290. The van der Waals surface area contributed by atoms with Crippen LogP contribution >= 0.6 is 27.5 Å². The van der Waals surface area contributed by atoms with Crippen molar-refractivity contribution >= 4 is 39.3 Å². The second-order valence-corrected chi connectivity index (χ2v) is 10.5. The van der Waals surface area contributed by atoms with E-state index in [4.69, 9.17) is 25.8 Å². The van der Waals surface area contributed by atoms with Crippen molar-refractivity contribution < 1.29 is 28.9 Å². The largest absolute Gasteiger partial charge is 0.503 e. The minimum atomic E-state index is -0.694. The lowest BCUT2D eigenvalue weighted by molar-refractivity contribution is -0.140. The van der Waals surface area contributed by atoms with E-state index in [0.717, 1.165) is 11.3 Å². The lowest BCUT2D eigenvalue weighted by Gasteiger charge is -2.37. The highest BCUT2D eigenvalue weighted by molar-refractivity contribution is 9.10. The molecule has 0 saturated heterocycles. The van der Waals surface area contributed by atoms with E-state index in [2.05, 4.69) is 21.2 Å². The summed E-state index contributed by atoms with van der Waals surface area (Å²) in [4.78, 5) is 27.2. The van der Waals surface area contributed by atoms with Crippen molar-refractivity contribution in [3.05, 3.63) is 79.6 Å². The molecule has 202 valence electrons. The summed E-state index contributed by atoms with van der Waals surface area (Å²) < 4.78 is 16.9. The van der Waals surface area contributed by atoms with Crippen LogP contribution < -0.4 is 10.1 Å². The Morgan fingerprint density at radius 1 is 1.11 bits per heavy atom. The SMILES string of the molecule is CCOCCOC(=O)C1=C(C)NC2=C(C(=O)C[C@@H](c3ccc(Cl)cc3)C2)[C@H]1c1cc(Br)c(O)c(OCC)c1. The predicted octanol–water partition coefficient (Wildman–Crippen LogP) is 6.15. The van der Waals surface area contributed by atoms with E-state index in [-0.39, 0.29) is 36.4 Å². The summed E-state index contributed by atoms with van der Waals surface area (Å²) in [7, 11) is 0. The average Bonchev–Trinajstić information content (AvgIpc) is 2.88. The first-order chi connectivity index (χ1) is 18.2. The molecule has 2 aromatic rings. The molecule has 38 heavy (non-hydrogen) atoms. The number of esters is 1. The molecule has 2 N–H and O–H groups in total. The fraction of sp³-hybridized carbons (Fsp3) is 0.379. The van der Waals surface area contributed by atoms with Gasteiger partial charge in [0.1, 0.15) is 6.61 Å². The molecule has 1 aliphatic carbocycles. The summed E-state index contributed by atoms with van der Waals surface area (Å²) >= 11 is 9.48. The number of ketones is 1. The lowest BCUT2D eigenvalue weighted by Crippen LogP contribution is -2.36. The number of hydrogen-bond donors (Lipinski definition) is 2. The Kier molecular flexibility index (Phi) is 9.18. The third-order valence-corrected chi connectivity index (χ3v) is 7.59. The second-order valence-electron chi connectivity index (χ2n) is 9.18. The van der Waals surface area contributed by atoms with Gasteiger partial charge in [-0.25, -0.2) is 4.79 Å². The molecule has 2 atom stereocenters. The standard InChI is InChI=1S/C29H31BrClNO6/c1-4-36-10-11-38-29(35)25-16(3)32-22-13-18(17-6-8-20(31)9-7-17)14-23(33)27(22)26(25)19-12-21(30)28(34)24(15-19)37-5-2/h6-9,12,15,18,26,32,34H,4-5,10-11,13-14H2,1-3H3/t18-,26-/m0/s1. The van der Waals surface area contributed by atoms with Crippen LogP contribution in [-0.2, 0) is 19.1 Å². The number of rotatable bonds is 9. The van der Waals surface area contributed by atoms with Crippen molar-refractivity contribution in [3.63, 3.8) is 0 Å². The number of allylic oxidation sites excluding steroid dienone is 3. The number of hydrogen-bond acceptors (Lipinski definition) is 7. The van der Waals surface area contributed by atoms with Gasteiger partial charge in [0, 0.05) is 40.9 Å². The van der Waals surface area contributed by atoms with Gasteiger partial charge in [-0.05, 0) is 84.4 Å². The smallest absolute Gasteiger partial charge is 0.336 e. The van der Waals surface area contributed by atoms with Crippen LogP contribution in [0.25, 0.3) is 0 Å². The number of aromatic hydroxyl groups is 1. The zero-order chi connectivity index (χ0) is 27.4. The van der Waals surface area contributed by atoms with Crippen LogP contribution in [0.15, 0.2) is 63.4 Å². The molecule has 0 fully saturated rings. The third-order valence-electron chi connectivity index (χ3n) is 6.74. The van der Waals surface area contributed by atoms with Crippen molar-refractivity contribution in [2.24, 2.45) is 0 Å². The minimum absolute atomic E-state index is 0.0234. The number of carbonyl (C=O) groups is 2. The molecular formula is C29H31BrClNO6. The Hall–Kier alpha value is -2.81. The molecule has 0 spiro atoms.